The molecule has 0 unspecified atom stereocenters. The lowest BCUT2D eigenvalue weighted by atomic mass is 10.1. The number of aromatic amines is 1. The molecule has 1 aromatic carbocycles. The lowest BCUT2D eigenvalue weighted by molar-refractivity contribution is -0.123. The molecule has 0 bridgehead atoms. The summed E-state index contributed by atoms with van der Waals surface area (Å²) in [6.45, 7) is 10.1. The molecule has 0 aliphatic heterocycles. The third kappa shape index (κ3) is 5.38. The summed E-state index contributed by atoms with van der Waals surface area (Å²) in [5, 5.41) is 3.17. The SMILES string of the molecule is Cc1ccc(Cl)cc1NC(=O)[C@@H](C)OC(=O)c1[nH]c(C)c(C(=O)OC(C)C)c1C. The van der Waals surface area contributed by atoms with Gasteiger partial charge in [-0.05, 0) is 64.8 Å². The molecule has 29 heavy (non-hydrogen) atoms. The molecule has 0 fully saturated rings. The summed E-state index contributed by atoms with van der Waals surface area (Å²) in [7, 11) is 0. The van der Waals surface area contributed by atoms with Crippen molar-refractivity contribution in [3.8, 4) is 0 Å². The van der Waals surface area contributed by atoms with Crippen LogP contribution in [-0.2, 0) is 14.3 Å². The van der Waals surface area contributed by atoms with Crippen molar-refractivity contribution in [3.05, 3.63) is 51.3 Å². The highest BCUT2D eigenvalue weighted by atomic mass is 35.5. The number of halogens is 1. The standard InChI is InChI=1S/C21H25ClN2O5/c1-10(2)28-20(26)17-12(4)18(23-13(17)5)21(27)29-14(6)19(25)24-16-9-15(22)8-7-11(16)3/h7-10,14,23H,1-6H3,(H,24,25)/t14-/m1/s1. The minimum absolute atomic E-state index is 0.108. The Morgan fingerprint density at radius 2 is 1.69 bits per heavy atom. The van der Waals surface area contributed by atoms with E-state index in [0.29, 0.717) is 22.0 Å². The molecule has 8 heteroatoms. The predicted molar refractivity (Wildman–Crippen MR) is 111 cm³/mol. The van der Waals surface area contributed by atoms with E-state index in [1.807, 2.05) is 6.92 Å². The first-order valence-electron chi connectivity index (χ1n) is 9.19. The van der Waals surface area contributed by atoms with Gasteiger partial charge in [-0.15, -0.1) is 0 Å². The minimum Gasteiger partial charge on any atom is -0.459 e. The largest absolute Gasteiger partial charge is 0.459 e. The molecule has 156 valence electrons. The third-order valence-electron chi connectivity index (χ3n) is 4.30. The number of carbonyl (C=O) groups excluding carboxylic acids is 3. The molecule has 2 rings (SSSR count). The highest BCUT2D eigenvalue weighted by Gasteiger charge is 2.27. The van der Waals surface area contributed by atoms with Crippen LogP contribution in [0.1, 0.15) is 58.4 Å². The van der Waals surface area contributed by atoms with Crippen LogP contribution in [0.2, 0.25) is 5.02 Å². The molecule has 2 aromatic rings. The van der Waals surface area contributed by atoms with Crippen molar-refractivity contribution >= 4 is 35.1 Å². The Hall–Kier alpha value is -2.80. The van der Waals surface area contributed by atoms with E-state index in [1.54, 1.807) is 45.9 Å². The molecule has 7 nitrogen and oxygen atoms in total. The van der Waals surface area contributed by atoms with Crippen LogP contribution in [0.4, 0.5) is 5.69 Å². The monoisotopic (exact) mass is 420 g/mol. The lowest BCUT2D eigenvalue weighted by Crippen LogP contribution is -2.30. The highest BCUT2D eigenvalue weighted by molar-refractivity contribution is 6.31. The van der Waals surface area contributed by atoms with Crippen LogP contribution in [0.5, 0.6) is 0 Å². The fourth-order valence-corrected chi connectivity index (χ4v) is 2.94. The van der Waals surface area contributed by atoms with Crippen LogP contribution in [0.25, 0.3) is 0 Å². The van der Waals surface area contributed by atoms with Crippen molar-refractivity contribution in [2.75, 3.05) is 5.32 Å². The van der Waals surface area contributed by atoms with Crippen molar-refractivity contribution in [2.45, 2.75) is 53.8 Å². The topological polar surface area (TPSA) is 97.5 Å². The molecule has 2 N–H and O–H groups in total. The van der Waals surface area contributed by atoms with E-state index in [9.17, 15) is 14.4 Å². The number of rotatable bonds is 6. The number of ether oxygens (including phenoxy) is 2. The Balaban J connectivity index is 2.12. The maximum atomic E-state index is 12.6. The Labute approximate surface area is 174 Å². The molecular weight excluding hydrogens is 396 g/mol. The normalized spacial score (nSPS) is 11.9. The van der Waals surface area contributed by atoms with E-state index in [-0.39, 0.29) is 17.4 Å². The van der Waals surface area contributed by atoms with Crippen molar-refractivity contribution in [3.63, 3.8) is 0 Å². The van der Waals surface area contributed by atoms with Gasteiger partial charge in [0.15, 0.2) is 6.10 Å². The second-order valence-electron chi connectivity index (χ2n) is 7.08. The average molecular weight is 421 g/mol. The van der Waals surface area contributed by atoms with Gasteiger partial charge in [0.25, 0.3) is 5.91 Å². The number of esters is 2. The molecule has 0 aliphatic rings. The van der Waals surface area contributed by atoms with Gasteiger partial charge < -0.3 is 19.8 Å². The van der Waals surface area contributed by atoms with Gasteiger partial charge in [-0.25, -0.2) is 9.59 Å². The lowest BCUT2D eigenvalue weighted by Gasteiger charge is -2.15. The van der Waals surface area contributed by atoms with Crippen molar-refractivity contribution in [1.29, 1.82) is 0 Å². The fourth-order valence-electron chi connectivity index (χ4n) is 2.77. The van der Waals surface area contributed by atoms with Gasteiger partial charge in [-0.3, -0.25) is 4.79 Å². The Kier molecular flexibility index (Phi) is 7.08. The Morgan fingerprint density at radius 3 is 2.31 bits per heavy atom. The van der Waals surface area contributed by atoms with Crippen LogP contribution >= 0.6 is 11.6 Å². The number of aryl methyl sites for hydroxylation is 2. The second kappa shape index (κ2) is 9.13. The van der Waals surface area contributed by atoms with Crippen LogP contribution in [0, 0.1) is 20.8 Å². The van der Waals surface area contributed by atoms with Crippen LogP contribution in [-0.4, -0.2) is 35.0 Å². The van der Waals surface area contributed by atoms with Gasteiger partial charge in [0, 0.05) is 16.4 Å². The van der Waals surface area contributed by atoms with E-state index in [0.717, 1.165) is 5.56 Å². The summed E-state index contributed by atoms with van der Waals surface area (Å²) in [6, 6.07) is 5.11. The quantitative estimate of drug-likeness (QED) is 0.677. The summed E-state index contributed by atoms with van der Waals surface area (Å²) < 4.78 is 10.5. The molecule has 0 saturated carbocycles. The van der Waals surface area contributed by atoms with E-state index in [2.05, 4.69) is 10.3 Å². The number of benzene rings is 1. The summed E-state index contributed by atoms with van der Waals surface area (Å²) >= 11 is 5.96. The van der Waals surface area contributed by atoms with Crippen LogP contribution in [0.3, 0.4) is 0 Å². The minimum atomic E-state index is -1.06. The molecule has 1 heterocycles. The molecule has 1 amide bonds. The summed E-state index contributed by atoms with van der Waals surface area (Å²) in [5.41, 5.74) is 2.67. The molecule has 1 atom stereocenters. The number of carbonyl (C=O) groups is 3. The van der Waals surface area contributed by atoms with Crippen LogP contribution < -0.4 is 5.32 Å². The first-order valence-corrected chi connectivity index (χ1v) is 9.57. The number of hydrogen-bond acceptors (Lipinski definition) is 5. The number of anilines is 1. The number of H-pyrrole nitrogens is 1. The Bertz CT molecular complexity index is 949. The second-order valence-corrected chi connectivity index (χ2v) is 7.51. The fraction of sp³-hybridized carbons (Fsp3) is 0.381. The van der Waals surface area contributed by atoms with E-state index in [1.165, 1.54) is 6.92 Å². The van der Waals surface area contributed by atoms with Crippen molar-refractivity contribution in [2.24, 2.45) is 0 Å². The van der Waals surface area contributed by atoms with Gasteiger partial charge in [0.05, 0.1) is 11.7 Å². The zero-order chi connectivity index (χ0) is 21.9. The zero-order valence-corrected chi connectivity index (χ0v) is 18.1. The smallest absolute Gasteiger partial charge is 0.355 e. The molecule has 0 saturated heterocycles. The molecule has 0 aliphatic carbocycles. The van der Waals surface area contributed by atoms with Crippen LogP contribution in [0.15, 0.2) is 18.2 Å². The summed E-state index contributed by atoms with van der Waals surface area (Å²) in [5.74, 6) is -1.75. The molecule has 0 spiro atoms. The predicted octanol–water partition coefficient (Wildman–Crippen LogP) is 4.34. The van der Waals surface area contributed by atoms with Crippen molar-refractivity contribution < 1.29 is 23.9 Å². The summed E-state index contributed by atoms with van der Waals surface area (Å²) in [6.07, 6.45) is -1.35. The molecular formula is C21H25ClN2O5. The van der Waals surface area contributed by atoms with Gasteiger partial charge in [-0.2, -0.15) is 0 Å². The molecule has 0 radical (unpaired) electrons. The first kappa shape index (κ1) is 22.5. The number of nitrogens with one attached hydrogen (secondary N) is 2. The molecule has 1 aromatic heterocycles. The van der Waals surface area contributed by atoms with Crippen molar-refractivity contribution in [1.82, 2.24) is 4.98 Å². The summed E-state index contributed by atoms with van der Waals surface area (Å²) in [4.78, 5) is 40.1. The van der Waals surface area contributed by atoms with Gasteiger partial charge in [-0.1, -0.05) is 17.7 Å². The maximum Gasteiger partial charge on any atom is 0.355 e. The highest BCUT2D eigenvalue weighted by Crippen LogP contribution is 2.22. The van der Waals surface area contributed by atoms with E-state index >= 15 is 0 Å². The number of amides is 1. The third-order valence-corrected chi connectivity index (χ3v) is 4.53. The van der Waals surface area contributed by atoms with Gasteiger partial charge in [0.1, 0.15) is 5.69 Å². The maximum absolute atomic E-state index is 12.6. The zero-order valence-electron chi connectivity index (χ0n) is 17.3. The van der Waals surface area contributed by atoms with Gasteiger partial charge >= 0.3 is 11.9 Å². The van der Waals surface area contributed by atoms with Gasteiger partial charge in [0.2, 0.25) is 0 Å². The number of aromatic nitrogens is 1. The first-order chi connectivity index (χ1) is 13.5. The van der Waals surface area contributed by atoms with E-state index in [4.69, 9.17) is 21.1 Å². The Morgan fingerprint density at radius 1 is 1.03 bits per heavy atom. The average Bonchev–Trinajstić information content (AvgIpc) is 2.91. The number of hydrogen-bond donors (Lipinski definition) is 2. The van der Waals surface area contributed by atoms with E-state index < -0.39 is 23.9 Å².